The third-order valence-corrected chi connectivity index (χ3v) is 5.78. The Balaban J connectivity index is 2.19. The van der Waals surface area contributed by atoms with Crippen LogP contribution >= 0.6 is 35.0 Å². The quantitative estimate of drug-likeness (QED) is 0.370. The Morgan fingerprint density at radius 1 is 1.33 bits per heavy atom. The molecule has 0 amide bonds. The molecule has 2 rings (SSSR count). The van der Waals surface area contributed by atoms with Crippen LogP contribution in [0.2, 0.25) is 10.0 Å². The number of aromatic nitrogens is 2. The van der Waals surface area contributed by atoms with Crippen LogP contribution in [0.25, 0.3) is 0 Å². The number of hydrogen-bond acceptors (Lipinski definition) is 8. The highest BCUT2D eigenvalue weighted by atomic mass is 35.5. The molecule has 0 atom stereocenters. The third kappa shape index (κ3) is 6.24. The summed E-state index contributed by atoms with van der Waals surface area (Å²) in [5.74, 6) is -1.27. The lowest BCUT2D eigenvalue weighted by atomic mass is 10.2. The van der Waals surface area contributed by atoms with E-state index in [-0.39, 0.29) is 28.8 Å². The molecular formula is C16H17Cl2N3O4S2. The molecule has 0 unspecified atom stereocenters. The van der Waals surface area contributed by atoms with Gasteiger partial charge in [0, 0.05) is 16.2 Å². The first kappa shape index (κ1) is 21.7. The minimum Gasteiger partial charge on any atom is -0.462 e. The van der Waals surface area contributed by atoms with E-state index < -0.39 is 21.7 Å². The summed E-state index contributed by atoms with van der Waals surface area (Å²) < 4.78 is 29.9. The zero-order valence-electron chi connectivity index (χ0n) is 14.5. The molecule has 0 radical (unpaired) electrons. The van der Waals surface area contributed by atoms with E-state index in [4.69, 9.17) is 27.9 Å². The molecule has 0 aliphatic heterocycles. The first-order valence-corrected chi connectivity index (χ1v) is 11.5. The molecule has 0 fully saturated rings. The molecule has 1 heterocycles. The van der Waals surface area contributed by atoms with Gasteiger partial charge in [-0.2, -0.15) is 0 Å². The van der Waals surface area contributed by atoms with E-state index in [2.05, 4.69) is 15.3 Å². The summed E-state index contributed by atoms with van der Waals surface area (Å²) in [5, 5.41) is 3.78. The second-order valence-electron chi connectivity index (χ2n) is 5.28. The van der Waals surface area contributed by atoms with Crippen LogP contribution in [0.3, 0.4) is 0 Å². The van der Waals surface area contributed by atoms with Crippen LogP contribution in [0.4, 0.5) is 5.82 Å². The summed E-state index contributed by atoms with van der Waals surface area (Å²) in [4.78, 5) is 20.2. The molecule has 146 valence electrons. The van der Waals surface area contributed by atoms with Crippen molar-refractivity contribution in [3.63, 3.8) is 0 Å². The molecule has 0 saturated carbocycles. The third-order valence-electron chi connectivity index (χ3n) is 3.29. The fraction of sp³-hybridized carbons (Fsp3) is 0.312. The Morgan fingerprint density at radius 2 is 2.07 bits per heavy atom. The first-order chi connectivity index (χ1) is 12.8. The van der Waals surface area contributed by atoms with Crippen molar-refractivity contribution in [3.05, 3.63) is 45.6 Å². The highest BCUT2D eigenvalue weighted by Gasteiger charge is 2.19. The van der Waals surface area contributed by atoms with E-state index in [1.807, 2.05) is 0 Å². The van der Waals surface area contributed by atoms with Crippen LogP contribution in [0.15, 0.2) is 29.6 Å². The number of carbonyl (C=O) groups is 1. The molecule has 27 heavy (non-hydrogen) atoms. The van der Waals surface area contributed by atoms with Crippen molar-refractivity contribution in [2.75, 3.05) is 24.1 Å². The van der Waals surface area contributed by atoms with Crippen molar-refractivity contribution in [1.82, 2.24) is 9.97 Å². The van der Waals surface area contributed by atoms with Crippen molar-refractivity contribution >= 4 is 56.6 Å². The molecule has 1 N–H and O–H groups in total. The monoisotopic (exact) mass is 449 g/mol. The van der Waals surface area contributed by atoms with Crippen LogP contribution < -0.4 is 5.32 Å². The van der Waals surface area contributed by atoms with Gasteiger partial charge in [0.15, 0.2) is 15.0 Å². The van der Waals surface area contributed by atoms with Crippen molar-refractivity contribution in [1.29, 1.82) is 0 Å². The fourth-order valence-electron chi connectivity index (χ4n) is 2.06. The van der Waals surface area contributed by atoms with Gasteiger partial charge in [0.25, 0.3) is 0 Å². The fourth-order valence-corrected chi connectivity index (χ4v) is 4.14. The predicted octanol–water partition coefficient (Wildman–Crippen LogP) is 3.67. The second-order valence-corrected chi connectivity index (χ2v) is 8.97. The van der Waals surface area contributed by atoms with Crippen LogP contribution in [0.1, 0.15) is 22.8 Å². The first-order valence-electron chi connectivity index (χ1n) is 7.72. The standard InChI is InChI=1S/C16H17Cl2N3O4S2/c1-3-25-15(22)12-7-19-16(26-2)21-14(12)20-9-27(23,24)8-10-4-5-11(17)6-13(10)18/h4-7H,3,8-9H2,1-2H3,(H,19,20,21). The van der Waals surface area contributed by atoms with Gasteiger partial charge >= 0.3 is 5.97 Å². The number of halogens is 2. The maximum Gasteiger partial charge on any atom is 0.343 e. The zero-order chi connectivity index (χ0) is 20.0. The molecule has 0 aliphatic carbocycles. The number of anilines is 1. The molecule has 1 aromatic carbocycles. The number of sulfone groups is 1. The Morgan fingerprint density at radius 3 is 2.70 bits per heavy atom. The Bertz CT molecular complexity index is 939. The number of hydrogen-bond donors (Lipinski definition) is 1. The van der Waals surface area contributed by atoms with Crippen LogP contribution in [-0.2, 0) is 20.3 Å². The lowest BCUT2D eigenvalue weighted by Gasteiger charge is -2.12. The van der Waals surface area contributed by atoms with E-state index in [1.54, 1.807) is 25.3 Å². The van der Waals surface area contributed by atoms with E-state index in [1.165, 1.54) is 24.0 Å². The number of ether oxygens (including phenoxy) is 1. The average Bonchev–Trinajstić information content (AvgIpc) is 2.62. The lowest BCUT2D eigenvalue weighted by Crippen LogP contribution is -2.20. The van der Waals surface area contributed by atoms with Gasteiger partial charge in [-0.05, 0) is 30.9 Å². The molecule has 0 bridgehead atoms. The summed E-state index contributed by atoms with van der Waals surface area (Å²) >= 11 is 13.1. The van der Waals surface area contributed by atoms with E-state index in [0.717, 1.165) is 0 Å². The van der Waals surface area contributed by atoms with Gasteiger partial charge in [-0.1, -0.05) is 41.0 Å². The van der Waals surface area contributed by atoms with Gasteiger partial charge in [-0.25, -0.2) is 23.2 Å². The highest BCUT2D eigenvalue weighted by molar-refractivity contribution is 7.98. The van der Waals surface area contributed by atoms with Gasteiger partial charge < -0.3 is 10.1 Å². The molecule has 2 aromatic rings. The highest BCUT2D eigenvalue weighted by Crippen LogP contribution is 2.23. The number of benzene rings is 1. The molecule has 7 nitrogen and oxygen atoms in total. The Kier molecular flexibility index (Phi) is 7.72. The number of nitrogens with zero attached hydrogens (tertiary/aromatic N) is 2. The smallest absolute Gasteiger partial charge is 0.343 e. The number of carbonyl (C=O) groups excluding carboxylic acids is 1. The second kappa shape index (κ2) is 9.59. The van der Waals surface area contributed by atoms with Crippen molar-refractivity contribution in [2.45, 2.75) is 17.8 Å². The van der Waals surface area contributed by atoms with Crippen LogP contribution in [0, 0.1) is 0 Å². The van der Waals surface area contributed by atoms with Gasteiger partial charge in [-0.3, -0.25) is 0 Å². The van der Waals surface area contributed by atoms with E-state index in [9.17, 15) is 13.2 Å². The van der Waals surface area contributed by atoms with Crippen LogP contribution in [0.5, 0.6) is 0 Å². The van der Waals surface area contributed by atoms with Crippen molar-refractivity contribution in [3.8, 4) is 0 Å². The van der Waals surface area contributed by atoms with Crippen molar-refractivity contribution in [2.24, 2.45) is 0 Å². The van der Waals surface area contributed by atoms with E-state index >= 15 is 0 Å². The van der Waals surface area contributed by atoms with Crippen molar-refractivity contribution < 1.29 is 17.9 Å². The summed E-state index contributed by atoms with van der Waals surface area (Å²) in [6, 6.07) is 4.61. The van der Waals surface area contributed by atoms with Gasteiger partial charge in [0.05, 0.1) is 12.4 Å². The molecule has 0 aliphatic rings. The molecule has 0 spiro atoms. The molecule has 1 aromatic heterocycles. The normalized spacial score (nSPS) is 11.3. The minimum atomic E-state index is -3.60. The van der Waals surface area contributed by atoms with E-state index in [0.29, 0.717) is 15.7 Å². The zero-order valence-corrected chi connectivity index (χ0v) is 17.7. The summed E-state index contributed by atoms with van der Waals surface area (Å²) in [6.45, 7) is 1.85. The maximum absolute atomic E-state index is 12.5. The van der Waals surface area contributed by atoms with Gasteiger partial charge in [0.2, 0.25) is 0 Å². The molecule has 11 heteroatoms. The van der Waals surface area contributed by atoms with Gasteiger partial charge in [0.1, 0.15) is 17.3 Å². The van der Waals surface area contributed by atoms with Gasteiger partial charge in [-0.15, -0.1) is 0 Å². The molecule has 0 saturated heterocycles. The minimum absolute atomic E-state index is 0.0642. The number of rotatable bonds is 8. The van der Waals surface area contributed by atoms with Crippen LogP contribution in [-0.4, -0.2) is 43.1 Å². The Labute approximate surface area is 171 Å². The topological polar surface area (TPSA) is 98.2 Å². The predicted molar refractivity (Wildman–Crippen MR) is 107 cm³/mol. The number of esters is 1. The Hall–Kier alpha value is -1.55. The molecular weight excluding hydrogens is 433 g/mol. The number of nitrogens with one attached hydrogen (secondary N) is 1. The lowest BCUT2D eigenvalue weighted by molar-refractivity contribution is 0.0526. The maximum atomic E-state index is 12.5. The average molecular weight is 450 g/mol. The summed E-state index contributed by atoms with van der Waals surface area (Å²) in [5.41, 5.74) is 0.496. The largest absolute Gasteiger partial charge is 0.462 e. The number of thioether (sulfide) groups is 1. The summed E-state index contributed by atoms with van der Waals surface area (Å²) in [7, 11) is -3.60. The SMILES string of the molecule is CCOC(=O)c1cnc(SC)nc1NCS(=O)(=O)Cc1ccc(Cl)cc1Cl. The summed E-state index contributed by atoms with van der Waals surface area (Å²) in [6.07, 6.45) is 3.07.